The van der Waals surface area contributed by atoms with Crippen LogP contribution in [-0.4, -0.2) is 43.2 Å². The van der Waals surface area contributed by atoms with Crippen molar-refractivity contribution in [1.82, 2.24) is 4.90 Å². The topological polar surface area (TPSA) is 49.8 Å². The van der Waals surface area contributed by atoms with E-state index < -0.39 is 20.2 Å². The van der Waals surface area contributed by atoms with Gasteiger partial charge in [0.25, 0.3) is 0 Å². The van der Waals surface area contributed by atoms with Gasteiger partial charge in [0.05, 0.1) is 13.2 Å². The number of benzene rings is 1. The number of hydrogen-bond acceptors (Lipinski definition) is 3. The van der Waals surface area contributed by atoms with Gasteiger partial charge in [0, 0.05) is 13.0 Å². The fourth-order valence-corrected chi connectivity index (χ4v) is 3.10. The first-order valence-electron chi connectivity index (χ1n) is 7.93. The summed E-state index contributed by atoms with van der Waals surface area (Å²) in [5, 5.41) is 10.3. The molecule has 1 aliphatic rings. The Bertz CT molecular complexity index is 610. The number of hydrogen-bond donors (Lipinski definition) is 1. The number of carbonyl (C=O) groups is 1. The van der Waals surface area contributed by atoms with Gasteiger partial charge < -0.3 is 14.7 Å². The predicted octanol–water partition coefficient (Wildman–Crippen LogP) is 2.43. The van der Waals surface area contributed by atoms with E-state index in [1.807, 2.05) is 24.3 Å². The van der Waals surface area contributed by atoms with Crippen molar-refractivity contribution in [2.45, 2.75) is 51.2 Å². The van der Waals surface area contributed by atoms with Gasteiger partial charge in [-0.15, -0.1) is 5.54 Å². The largest absolute Gasteiger partial charge is 0.497 e. The summed E-state index contributed by atoms with van der Waals surface area (Å²) in [4.78, 5) is 14.0. The highest BCUT2D eigenvalue weighted by Gasteiger charge is 2.33. The lowest BCUT2D eigenvalue weighted by Crippen LogP contribution is -2.50. The predicted molar refractivity (Wildman–Crippen MR) is 93.7 cm³/mol. The standard InChI is InChI=1S/C18H25NO3Si/c1-22-15-7-5-14(6-8-15)13-19-16(11-12-23(2,3)4)17(20)9-10-18(19)21/h5-8,16-17,20H,9-10,13H2,1-4H3/t16-,17-/m0/s1. The van der Waals surface area contributed by atoms with Crippen LogP contribution in [0.3, 0.4) is 0 Å². The number of aliphatic hydroxyl groups is 1. The molecule has 1 aliphatic heterocycles. The van der Waals surface area contributed by atoms with Crippen molar-refractivity contribution in [2.75, 3.05) is 7.11 Å². The van der Waals surface area contributed by atoms with E-state index in [-0.39, 0.29) is 5.91 Å². The Morgan fingerprint density at radius 1 is 1.30 bits per heavy atom. The van der Waals surface area contributed by atoms with Gasteiger partial charge in [-0.1, -0.05) is 37.7 Å². The van der Waals surface area contributed by atoms with Crippen molar-refractivity contribution in [1.29, 1.82) is 0 Å². The molecule has 2 atom stereocenters. The second-order valence-electron chi connectivity index (χ2n) is 6.94. The highest BCUT2D eigenvalue weighted by atomic mass is 28.3. The van der Waals surface area contributed by atoms with Crippen molar-refractivity contribution in [3.05, 3.63) is 29.8 Å². The van der Waals surface area contributed by atoms with Gasteiger partial charge in [-0.05, 0) is 24.1 Å². The summed E-state index contributed by atoms with van der Waals surface area (Å²) < 4.78 is 5.16. The molecule has 0 bridgehead atoms. The van der Waals surface area contributed by atoms with Crippen molar-refractivity contribution in [3.8, 4) is 17.2 Å². The first kappa shape index (κ1) is 17.6. The molecule has 23 heavy (non-hydrogen) atoms. The monoisotopic (exact) mass is 331 g/mol. The minimum Gasteiger partial charge on any atom is -0.497 e. The number of piperidine rings is 1. The van der Waals surface area contributed by atoms with Crippen LogP contribution in [0.2, 0.25) is 19.6 Å². The number of nitrogens with zero attached hydrogens (tertiary/aromatic N) is 1. The Hall–Kier alpha value is -1.77. The molecule has 0 radical (unpaired) electrons. The molecule has 2 rings (SSSR count). The summed E-state index contributed by atoms with van der Waals surface area (Å²) in [7, 11) is 0.0730. The van der Waals surface area contributed by atoms with Crippen LogP contribution in [0.5, 0.6) is 5.75 Å². The number of amides is 1. The van der Waals surface area contributed by atoms with Crippen LogP contribution in [-0.2, 0) is 11.3 Å². The number of carbonyl (C=O) groups excluding carboxylic acids is 1. The van der Waals surface area contributed by atoms with Crippen LogP contribution < -0.4 is 4.74 Å². The van der Waals surface area contributed by atoms with Gasteiger partial charge in [-0.25, -0.2) is 0 Å². The number of ether oxygens (including phenoxy) is 1. The molecular weight excluding hydrogens is 306 g/mol. The van der Waals surface area contributed by atoms with Crippen molar-refractivity contribution in [3.63, 3.8) is 0 Å². The maximum atomic E-state index is 12.3. The molecule has 0 spiro atoms. The Labute approximate surface area is 139 Å². The number of aliphatic hydroxyl groups excluding tert-OH is 1. The van der Waals surface area contributed by atoms with Gasteiger partial charge in [-0.2, -0.15) is 0 Å². The zero-order valence-electron chi connectivity index (χ0n) is 14.3. The summed E-state index contributed by atoms with van der Waals surface area (Å²) in [5.74, 6) is 4.02. The summed E-state index contributed by atoms with van der Waals surface area (Å²) in [6.07, 6.45) is 0.292. The SMILES string of the molecule is COc1ccc(CN2C(=O)CC[C@H](O)[C@@H]2C#C[Si](C)(C)C)cc1. The average Bonchev–Trinajstić information content (AvgIpc) is 2.50. The third-order valence-corrected chi connectivity index (χ3v) is 4.68. The number of rotatable bonds is 3. The van der Waals surface area contributed by atoms with Crippen LogP contribution in [0.1, 0.15) is 18.4 Å². The fourth-order valence-electron chi connectivity index (χ4n) is 2.51. The Kier molecular flexibility index (Phi) is 5.50. The lowest BCUT2D eigenvalue weighted by atomic mass is 9.98. The van der Waals surface area contributed by atoms with Crippen LogP contribution in [0.15, 0.2) is 24.3 Å². The van der Waals surface area contributed by atoms with Gasteiger partial charge in [0.15, 0.2) is 0 Å². The Morgan fingerprint density at radius 2 is 1.96 bits per heavy atom. The van der Waals surface area contributed by atoms with Gasteiger partial charge in [0.2, 0.25) is 5.91 Å². The highest BCUT2D eigenvalue weighted by molar-refractivity contribution is 6.83. The second kappa shape index (κ2) is 7.20. The van der Waals surface area contributed by atoms with Crippen LogP contribution in [0.25, 0.3) is 0 Å². The molecular formula is C18H25NO3Si. The Morgan fingerprint density at radius 3 is 2.52 bits per heavy atom. The maximum Gasteiger partial charge on any atom is 0.224 e. The van der Waals surface area contributed by atoms with Crippen molar-refractivity contribution >= 4 is 14.0 Å². The molecule has 1 aromatic rings. The summed E-state index contributed by atoms with van der Waals surface area (Å²) in [5.41, 5.74) is 4.30. The van der Waals surface area contributed by atoms with Gasteiger partial charge in [0.1, 0.15) is 19.9 Å². The lowest BCUT2D eigenvalue weighted by molar-refractivity contribution is -0.140. The normalized spacial score (nSPS) is 21.6. The van der Waals surface area contributed by atoms with Gasteiger partial charge in [-0.3, -0.25) is 4.79 Å². The lowest BCUT2D eigenvalue weighted by Gasteiger charge is -2.36. The number of likely N-dealkylation sites (tertiary alicyclic amines) is 1. The molecule has 0 unspecified atom stereocenters. The van der Waals surface area contributed by atoms with E-state index in [9.17, 15) is 9.90 Å². The van der Waals surface area contributed by atoms with E-state index >= 15 is 0 Å². The molecule has 0 aromatic heterocycles. The van der Waals surface area contributed by atoms with Crippen molar-refractivity contribution in [2.24, 2.45) is 0 Å². The molecule has 1 amide bonds. The quantitative estimate of drug-likeness (QED) is 0.684. The molecule has 1 fully saturated rings. The Balaban J connectivity index is 2.22. The van der Waals surface area contributed by atoms with E-state index in [1.54, 1.807) is 12.0 Å². The molecule has 1 N–H and O–H groups in total. The molecule has 0 aliphatic carbocycles. The van der Waals surface area contributed by atoms with E-state index in [2.05, 4.69) is 31.1 Å². The molecule has 4 nitrogen and oxygen atoms in total. The third-order valence-electron chi connectivity index (χ3n) is 3.78. The minimum atomic E-state index is -1.55. The van der Waals surface area contributed by atoms with Crippen LogP contribution in [0.4, 0.5) is 0 Å². The third kappa shape index (κ3) is 4.85. The van der Waals surface area contributed by atoms with Crippen LogP contribution >= 0.6 is 0 Å². The van der Waals surface area contributed by atoms with Crippen LogP contribution in [0, 0.1) is 11.5 Å². The highest BCUT2D eigenvalue weighted by Crippen LogP contribution is 2.22. The molecule has 5 heteroatoms. The maximum absolute atomic E-state index is 12.3. The van der Waals surface area contributed by atoms with Crippen molar-refractivity contribution < 1.29 is 14.6 Å². The first-order valence-corrected chi connectivity index (χ1v) is 11.4. The molecule has 124 valence electrons. The molecule has 1 aromatic carbocycles. The average molecular weight is 331 g/mol. The molecule has 1 heterocycles. The molecule has 1 saturated heterocycles. The second-order valence-corrected chi connectivity index (χ2v) is 11.7. The summed E-state index contributed by atoms with van der Waals surface area (Å²) >= 11 is 0. The number of methoxy groups -OCH3 is 1. The van der Waals surface area contributed by atoms with E-state index in [0.29, 0.717) is 19.4 Å². The fraction of sp³-hybridized carbons (Fsp3) is 0.500. The molecule has 0 saturated carbocycles. The van der Waals surface area contributed by atoms with E-state index in [1.165, 1.54) is 0 Å². The van der Waals surface area contributed by atoms with E-state index in [0.717, 1.165) is 11.3 Å². The zero-order valence-corrected chi connectivity index (χ0v) is 15.3. The van der Waals surface area contributed by atoms with E-state index in [4.69, 9.17) is 4.74 Å². The summed E-state index contributed by atoms with van der Waals surface area (Å²) in [6, 6.07) is 7.23. The minimum absolute atomic E-state index is 0.0565. The first-order chi connectivity index (χ1) is 10.8. The smallest absolute Gasteiger partial charge is 0.224 e. The van der Waals surface area contributed by atoms with Gasteiger partial charge >= 0.3 is 0 Å². The zero-order chi connectivity index (χ0) is 17.0. The summed E-state index contributed by atoms with van der Waals surface area (Å²) in [6.45, 7) is 6.94.